The van der Waals surface area contributed by atoms with E-state index in [9.17, 15) is 0 Å². The first-order valence-electron chi connectivity index (χ1n) is 8.47. The van der Waals surface area contributed by atoms with Gasteiger partial charge in [0.25, 0.3) is 0 Å². The van der Waals surface area contributed by atoms with Crippen LogP contribution >= 0.6 is 11.8 Å². The van der Waals surface area contributed by atoms with E-state index in [1.165, 1.54) is 17.2 Å². The molecule has 0 bridgehead atoms. The molecule has 6 heteroatoms. The first-order chi connectivity index (χ1) is 11.3. The van der Waals surface area contributed by atoms with E-state index in [4.69, 9.17) is 0 Å². The van der Waals surface area contributed by atoms with E-state index in [-0.39, 0.29) is 0 Å². The number of anilines is 1. The summed E-state index contributed by atoms with van der Waals surface area (Å²) < 4.78 is 0. The molecule has 1 aliphatic carbocycles. The molecule has 124 valence electrons. The summed E-state index contributed by atoms with van der Waals surface area (Å²) in [6.07, 6.45) is 11.8. The number of rotatable bonds is 4. The number of aromatic amines is 1. The van der Waals surface area contributed by atoms with Crippen molar-refractivity contribution in [2.45, 2.75) is 18.5 Å². The Morgan fingerprint density at radius 2 is 2.09 bits per heavy atom. The molecule has 2 aliphatic heterocycles. The van der Waals surface area contributed by atoms with Crippen LogP contribution in [0.2, 0.25) is 0 Å². The zero-order valence-corrected chi connectivity index (χ0v) is 14.5. The van der Waals surface area contributed by atoms with Crippen LogP contribution in [-0.2, 0) is 0 Å². The fourth-order valence-electron chi connectivity index (χ4n) is 3.55. The zero-order valence-electron chi connectivity index (χ0n) is 13.7. The maximum Gasteiger partial charge on any atom is 0.203 e. The number of hydrogen-bond donors (Lipinski definition) is 1. The molecule has 0 radical (unpaired) electrons. The lowest BCUT2D eigenvalue weighted by Gasteiger charge is -2.44. The number of nitrogens with one attached hydrogen (secondary N) is 1. The van der Waals surface area contributed by atoms with Crippen molar-refractivity contribution in [3.8, 4) is 0 Å². The molecule has 0 saturated carbocycles. The van der Waals surface area contributed by atoms with Crippen LogP contribution in [0.4, 0.5) is 5.95 Å². The fourth-order valence-corrected chi connectivity index (χ4v) is 4.32. The Morgan fingerprint density at radius 1 is 1.26 bits per heavy atom. The number of allylic oxidation sites excluding steroid dienone is 2. The van der Waals surface area contributed by atoms with Gasteiger partial charge in [-0.1, -0.05) is 12.2 Å². The lowest BCUT2D eigenvalue weighted by Crippen LogP contribution is -2.52. The van der Waals surface area contributed by atoms with E-state index in [1.54, 1.807) is 0 Å². The molecular weight excluding hydrogens is 306 g/mol. The van der Waals surface area contributed by atoms with Gasteiger partial charge >= 0.3 is 0 Å². The van der Waals surface area contributed by atoms with Gasteiger partial charge in [-0.15, -0.1) is 0 Å². The predicted octanol–water partition coefficient (Wildman–Crippen LogP) is 1.79. The van der Waals surface area contributed by atoms with Gasteiger partial charge in [0, 0.05) is 62.2 Å². The Morgan fingerprint density at radius 3 is 2.74 bits per heavy atom. The van der Waals surface area contributed by atoms with Gasteiger partial charge in [-0.25, -0.2) is 4.98 Å². The Balaban J connectivity index is 1.49. The van der Waals surface area contributed by atoms with Crippen LogP contribution in [0, 0.1) is 0 Å². The van der Waals surface area contributed by atoms with Gasteiger partial charge in [0.2, 0.25) is 5.95 Å². The van der Waals surface area contributed by atoms with Crippen molar-refractivity contribution in [1.29, 1.82) is 0 Å². The average Bonchev–Trinajstić information content (AvgIpc) is 3.05. The molecule has 3 heterocycles. The number of imidazole rings is 1. The molecule has 1 aromatic heterocycles. The number of piperazine rings is 1. The molecule has 1 aromatic rings. The molecule has 0 aromatic carbocycles. The third-order valence-corrected chi connectivity index (χ3v) is 6.29. The fraction of sp³-hybridized carbons (Fsp3) is 0.588. The number of likely N-dealkylation sites (N-methyl/N-ethyl adjacent to an activating group) is 1. The summed E-state index contributed by atoms with van der Waals surface area (Å²) in [5, 5.41) is 0. The SMILES string of the molecule is CN1CCN(C2=CC=CC(N(c3ncc[nH]3)C3CSC3)C2)CC1. The summed E-state index contributed by atoms with van der Waals surface area (Å²) in [6, 6.07) is 1.01. The summed E-state index contributed by atoms with van der Waals surface area (Å²) in [5.41, 5.74) is 1.48. The monoisotopic (exact) mass is 331 g/mol. The minimum atomic E-state index is 0.409. The molecule has 23 heavy (non-hydrogen) atoms. The normalized spacial score (nSPS) is 26.0. The first kappa shape index (κ1) is 15.1. The number of hydrogen-bond acceptors (Lipinski definition) is 5. The maximum absolute atomic E-state index is 4.53. The first-order valence-corrected chi connectivity index (χ1v) is 9.63. The van der Waals surface area contributed by atoms with Crippen LogP contribution in [0.15, 0.2) is 36.3 Å². The summed E-state index contributed by atoms with van der Waals surface area (Å²) >= 11 is 2.03. The molecule has 1 unspecified atom stereocenters. The molecular formula is C17H25N5S. The Hall–Kier alpha value is -1.40. The van der Waals surface area contributed by atoms with E-state index >= 15 is 0 Å². The van der Waals surface area contributed by atoms with Crippen molar-refractivity contribution in [2.24, 2.45) is 0 Å². The zero-order chi connectivity index (χ0) is 15.6. The summed E-state index contributed by atoms with van der Waals surface area (Å²) in [5.74, 6) is 3.43. The van der Waals surface area contributed by atoms with Gasteiger partial charge in [0.05, 0.1) is 12.1 Å². The van der Waals surface area contributed by atoms with Crippen LogP contribution in [0.5, 0.6) is 0 Å². The van der Waals surface area contributed by atoms with E-state index in [1.807, 2.05) is 24.2 Å². The van der Waals surface area contributed by atoms with E-state index in [0.717, 1.165) is 38.5 Å². The third-order valence-electron chi connectivity index (χ3n) is 5.05. The van der Waals surface area contributed by atoms with Gasteiger partial charge in [-0.2, -0.15) is 11.8 Å². The molecule has 0 amide bonds. The Labute approximate surface area is 142 Å². The van der Waals surface area contributed by atoms with Crippen LogP contribution in [0.3, 0.4) is 0 Å². The second-order valence-electron chi connectivity index (χ2n) is 6.62. The van der Waals surface area contributed by atoms with Gasteiger partial charge in [-0.3, -0.25) is 0 Å². The molecule has 2 fully saturated rings. The number of aromatic nitrogens is 2. The van der Waals surface area contributed by atoms with Crippen molar-refractivity contribution in [3.63, 3.8) is 0 Å². The van der Waals surface area contributed by atoms with Crippen molar-refractivity contribution in [3.05, 3.63) is 36.3 Å². The predicted molar refractivity (Wildman–Crippen MR) is 96.9 cm³/mol. The molecule has 0 spiro atoms. The molecule has 1 N–H and O–H groups in total. The van der Waals surface area contributed by atoms with Crippen molar-refractivity contribution in [1.82, 2.24) is 19.8 Å². The largest absolute Gasteiger partial charge is 0.372 e. The highest BCUT2D eigenvalue weighted by Crippen LogP contribution is 2.32. The highest BCUT2D eigenvalue weighted by Gasteiger charge is 2.33. The van der Waals surface area contributed by atoms with Crippen LogP contribution < -0.4 is 4.90 Å². The smallest absolute Gasteiger partial charge is 0.203 e. The molecule has 4 rings (SSSR count). The second kappa shape index (κ2) is 6.61. The second-order valence-corrected chi connectivity index (χ2v) is 7.69. The lowest BCUT2D eigenvalue weighted by atomic mass is 10.0. The minimum absolute atomic E-state index is 0.409. The summed E-state index contributed by atoms with van der Waals surface area (Å²) in [7, 11) is 2.21. The van der Waals surface area contributed by atoms with Gasteiger partial charge in [0.1, 0.15) is 0 Å². The average molecular weight is 331 g/mol. The number of thioether (sulfide) groups is 1. The number of H-pyrrole nitrogens is 1. The topological polar surface area (TPSA) is 38.4 Å². The Kier molecular flexibility index (Phi) is 4.35. The molecule has 5 nitrogen and oxygen atoms in total. The molecule has 1 atom stereocenters. The maximum atomic E-state index is 4.53. The minimum Gasteiger partial charge on any atom is -0.372 e. The van der Waals surface area contributed by atoms with E-state index in [2.05, 4.69) is 49.9 Å². The number of nitrogens with zero attached hydrogens (tertiary/aromatic N) is 4. The molecule has 3 aliphatic rings. The van der Waals surface area contributed by atoms with Gasteiger partial charge in [-0.05, 0) is 13.1 Å². The van der Waals surface area contributed by atoms with E-state index in [0.29, 0.717) is 12.1 Å². The van der Waals surface area contributed by atoms with Crippen molar-refractivity contribution in [2.75, 3.05) is 49.6 Å². The van der Waals surface area contributed by atoms with Gasteiger partial charge < -0.3 is 19.7 Å². The van der Waals surface area contributed by atoms with E-state index < -0.39 is 0 Å². The highest BCUT2D eigenvalue weighted by molar-refractivity contribution is 8.00. The molecule has 2 saturated heterocycles. The van der Waals surface area contributed by atoms with Crippen LogP contribution in [0.1, 0.15) is 6.42 Å². The van der Waals surface area contributed by atoms with Crippen molar-refractivity contribution < 1.29 is 0 Å². The van der Waals surface area contributed by atoms with Gasteiger partial charge in [0.15, 0.2) is 0 Å². The van der Waals surface area contributed by atoms with Crippen LogP contribution in [0.25, 0.3) is 0 Å². The van der Waals surface area contributed by atoms with Crippen LogP contribution in [-0.4, -0.2) is 76.6 Å². The standard InChI is InChI=1S/C17H25N5S/c1-20-7-9-21(10-8-20)14-3-2-4-15(11-14)22(16-12-23-13-16)17-18-5-6-19-17/h2-6,15-16H,7-13H2,1H3,(H,18,19). The Bertz CT molecular complexity index is 570. The van der Waals surface area contributed by atoms with Crippen molar-refractivity contribution >= 4 is 17.7 Å². The summed E-state index contributed by atoms with van der Waals surface area (Å²) in [6.45, 7) is 4.60. The quantitative estimate of drug-likeness (QED) is 0.911. The highest BCUT2D eigenvalue weighted by atomic mass is 32.2. The summed E-state index contributed by atoms with van der Waals surface area (Å²) in [4.78, 5) is 15.3. The lowest BCUT2D eigenvalue weighted by molar-refractivity contribution is 0.181. The third kappa shape index (κ3) is 3.15.